The molecule has 6 heteroatoms. The normalized spacial score (nSPS) is 10.3. The smallest absolute Gasteiger partial charge is 0.158 e. The van der Waals surface area contributed by atoms with Crippen molar-refractivity contribution in [1.29, 1.82) is 0 Å². The second-order valence-corrected chi connectivity index (χ2v) is 4.59. The van der Waals surface area contributed by atoms with Gasteiger partial charge in [-0.1, -0.05) is 0 Å². The number of nitrogens with two attached hydrogens (primary N) is 1. The number of ether oxygens (including phenoxy) is 1. The van der Waals surface area contributed by atoms with Gasteiger partial charge in [-0.3, -0.25) is 0 Å². The number of hydrogen-bond acceptors (Lipinski definition) is 6. The zero-order chi connectivity index (χ0) is 14.5. The van der Waals surface area contributed by atoms with Crippen LogP contribution in [0.15, 0.2) is 30.3 Å². The highest BCUT2D eigenvalue weighted by atomic mass is 16.5. The van der Waals surface area contributed by atoms with Crippen molar-refractivity contribution in [3.05, 3.63) is 36.2 Å². The molecule has 3 N–H and O–H groups in total. The van der Waals surface area contributed by atoms with E-state index < -0.39 is 0 Å². The van der Waals surface area contributed by atoms with E-state index in [-0.39, 0.29) is 0 Å². The molecule has 0 bridgehead atoms. The SMILES string of the molecule is COCc1nc(N)cc(Nc2ccc(N(C)C)cc2)n1. The Labute approximate surface area is 118 Å². The van der Waals surface area contributed by atoms with E-state index in [0.29, 0.717) is 24.1 Å². The number of rotatable bonds is 5. The number of benzene rings is 1. The fraction of sp³-hybridized carbons (Fsp3) is 0.286. The summed E-state index contributed by atoms with van der Waals surface area (Å²) < 4.78 is 5.02. The van der Waals surface area contributed by atoms with Crippen molar-refractivity contribution in [2.45, 2.75) is 6.61 Å². The number of aromatic nitrogens is 2. The standard InChI is InChI=1S/C14H19N5O/c1-19(2)11-6-4-10(5-7-11)16-13-8-12(15)17-14(18-13)9-20-3/h4-8H,9H2,1-3H3,(H3,15,16,17,18). The van der Waals surface area contributed by atoms with Crippen molar-refractivity contribution in [1.82, 2.24) is 9.97 Å². The van der Waals surface area contributed by atoms with Gasteiger partial charge in [-0.25, -0.2) is 9.97 Å². The summed E-state index contributed by atoms with van der Waals surface area (Å²) in [6, 6.07) is 9.73. The molecule has 1 aromatic carbocycles. The molecule has 1 aromatic heterocycles. The molecule has 1 heterocycles. The highest BCUT2D eigenvalue weighted by Crippen LogP contribution is 2.20. The summed E-state index contributed by atoms with van der Waals surface area (Å²) in [4.78, 5) is 10.5. The highest BCUT2D eigenvalue weighted by Gasteiger charge is 2.03. The Bertz CT molecular complexity index is 568. The van der Waals surface area contributed by atoms with Crippen LogP contribution in [-0.4, -0.2) is 31.2 Å². The first-order valence-corrected chi connectivity index (χ1v) is 6.25. The monoisotopic (exact) mass is 273 g/mol. The van der Waals surface area contributed by atoms with Crippen LogP contribution in [0.25, 0.3) is 0 Å². The molecule has 0 spiro atoms. The Morgan fingerprint density at radius 1 is 1.20 bits per heavy atom. The Balaban J connectivity index is 2.16. The van der Waals surface area contributed by atoms with Crippen LogP contribution in [-0.2, 0) is 11.3 Å². The molecule has 0 amide bonds. The van der Waals surface area contributed by atoms with Crippen LogP contribution >= 0.6 is 0 Å². The van der Waals surface area contributed by atoms with E-state index in [4.69, 9.17) is 10.5 Å². The van der Waals surface area contributed by atoms with Gasteiger partial charge in [-0.15, -0.1) is 0 Å². The summed E-state index contributed by atoms with van der Waals surface area (Å²) in [7, 11) is 5.61. The zero-order valence-corrected chi connectivity index (χ0v) is 11.9. The van der Waals surface area contributed by atoms with Crippen molar-refractivity contribution in [3.8, 4) is 0 Å². The van der Waals surface area contributed by atoms with E-state index in [1.807, 2.05) is 43.3 Å². The molecule has 0 aliphatic heterocycles. The van der Waals surface area contributed by atoms with E-state index in [1.165, 1.54) is 0 Å². The van der Waals surface area contributed by atoms with Crippen molar-refractivity contribution in [2.24, 2.45) is 0 Å². The van der Waals surface area contributed by atoms with Gasteiger partial charge in [0, 0.05) is 38.6 Å². The Morgan fingerprint density at radius 3 is 2.50 bits per heavy atom. The second kappa shape index (κ2) is 6.21. The van der Waals surface area contributed by atoms with Gasteiger partial charge in [0.25, 0.3) is 0 Å². The van der Waals surface area contributed by atoms with Crippen LogP contribution in [0.5, 0.6) is 0 Å². The number of nitrogens with zero attached hydrogens (tertiary/aromatic N) is 3. The van der Waals surface area contributed by atoms with Crippen molar-refractivity contribution in [2.75, 3.05) is 37.2 Å². The molecule has 2 rings (SSSR count). The van der Waals surface area contributed by atoms with Crippen molar-refractivity contribution >= 4 is 23.0 Å². The van der Waals surface area contributed by atoms with Crippen LogP contribution in [0.2, 0.25) is 0 Å². The Kier molecular flexibility index (Phi) is 4.37. The lowest BCUT2D eigenvalue weighted by atomic mass is 10.2. The van der Waals surface area contributed by atoms with Crippen LogP contribution in [0.1, 0.15) is 5.82 Å². The van der Waals surface area contributed by atoms with Gasteiger partial charge >= 0.3 is 0 Å². The van der Waals surface area contributed by atoms with Crippen LogP contribution in [0.4, 0.5) is 23.0 Å². The molecular weight excluding hydrogens is 254 g/mol. The van der Waals surface area contributed by atoms with Gasteiger partial charge in [0.15, 0.2) is 5.82 Å². The van der Waals surface area contributed by atoms with E-state index in [9.17, 15) is 0 Å². The van der Waals surface area contributed by atoms with Gasteiger partial charge in [-0.2, -0.15) is 0 Å². The van der Waals surface area contributed by atoms with Crippen LogP contribution in [0, 0.1) is 0 Å². The van der Waals surface area contributed by atoms with Crippen molar-refractivity contribution < 1.29 is 4.74 Å². The Hall–Kier alpha value is -2.34. The maximum absolute atomic E-state index is 5.75. The van der Waals surface area contributed by atoms with Crippen molar-refractivity contribution in [3.63, 3.8) is 0 Å². The van der Waals surface area contributed by atoms with Gasteiger partial charge in [0.05, 0.1) is 0 Å². The van der Waals surface area contributed by atoms with E-state index >= 15 is 0 Å². The average molecular weight is 273 g/mol. The number of hydrogen-bond donors (Lipinski definition) is 2. The topological polar surface area (TPSA) is 76.3 Å². The maximum atomic E-state index is 5.75. The van der Waals surface area contributed by atoms with E-state index in [1.54, 1.807) is 13.2 Å². The van der Waals surface area contributed by atoms with E-state index in [0.717, 1.165) is 11.4 Å². The molecule has 0 radical (unpaired) electrons. The molecule has 0 unspecified atom stereocenters. The lowest BCUT2D eigenvalue weighted by Gasteiger charge is -2.13. The third-order valence-corrected chi connectivity index (χ3v) is 2.72. The molecule has 0 fully saturated rings. The minimum Gasteiger partial charge on any atom is -0.384 e. The number of nitrogen functional groups attached to an aromatic ring is 1. The quantitative estimate of drug-likeness (QED) is 0.868. The molecular formula is C14H19N5O. The molecule has 0 saturated heterocycles. The lowest BCUT2D eigenvalue weighted by molar-refractivity contribution is 0.178. The summed E-state index contributed by atoms with van der Waals surface area (Å²) in [5, 5.41) is 3.20. The summed E-state index contributed by atoms with van der Waals surface area (Å²) in [6.45, 7) is 0.333. The minimum absolute atomic E-state index is 0.333. The first kappa shape index (κ1) is 14.1. The zero-order valence-electron chi connectivity index (χ0n) is 11.9. The third-order valence-electron chi connectivity index (χ3n) is 2.72. The summed E-state index contributed by atoms with van der Waals surface area (Å²) in [5.41, 5.74) is 7.83. The molecule has 2 aromatic rings. The maximum Gasteiger partial charge on any atom is 0.158 e. The summed E-state index contributed by atoms with van der Waals surface area (Å²) in [5.74, 6) is 1.63. The van der Waals surface area contributed by atoms with Gasteiger partial charge in [-0.05, 0) is 24.3 Å². The summed E-state index contributed by atoms with van der Waals surface area (Å²) in [6.07, 6.45) is 0. The molecule has 0 saturated carbocycles. The van der Waals surface area contributed by atoms with Gasteiger partial charge in [0.2, 0.25) is 0 Å². The number of anilines is 4. The molecule has 0 aliphatic carbocycles. The highest BCUT2D eigenvalue weighted by molar-refractivity contribution is 5.61. The third kappa shape index (κ3) is 3.58. The number of nitrogens with one attached hydrogen (secondary N) is 1. The Morgan fingerprint density at radius 2 is 1.90 bits per heavy atom. The molecule has 0 atom stereocenters. The first-order valence-electron chi connectivity index (χ1n) is 6.25. The van der Waals surface area contributed by atoms with Crippen LogP contribution in [0.3, 0.4) is 0 Å². The van der Waals surface area contributed by atoms with E-state index in [2.05, 4.69) is 15.3 Å². The minimum atomic E-state index is 0.333. The summed E-state index contributed by atoms with van der Waals surface area (Å²) >= 11 is 0. The average Bonchev–Trinajstić information content (AvgIpc) is 2.39. The predicted octanol–water partition coefficient (Wildman–Crippen LogP) is 2.01. The fourth-order valence-corrected chi connectivity index (χ4v) is 1.77. The van der Waals surface area contributed by atoms with Gasteiger partial charge < -0.3 is 20.7 Å². The van der Waals surface area contributed by atoms with Crippen LogP contribution < -0.4 is 16.0 Å². The molecule has 106 valence electrons. The van der Waals surface area contributed by atoms with Gasteiger partial charge in [0.1, 0.15) is 18.2 Å². The predicted molar refractivity (Wildman–Crippen MR) is 81.2 cm³/mol. The largest absolute Gasteiger partial charge is 0.384 e. The number of methoxy groups -OCH3 is 1. The molecule has 0 aliphatic rings. The first-order chi connectivity index (χ1) is 9.58. The fourth-order valence-electron chi connectivity index (χ4n) is 1.77. The molecule has 6 nitrogen and oxygen atoms in total. The lowest BCUT2D eigenvalue weighted by Crippen LogP contribution is -2.08. The molecule has 20 heavy (non-hydrogen) atoms. The second-order valence-electron chi connectivity index (χ2n) is 4.59.